The van der Waals surface area contributed by atoms with Gasteiger partial charge in [-0.1, -0.05) is 142 Å². The lowest BCUT2D eigenvalue weighted by molar-refractivity contribution is -0.0562. The molecule has 0 bridgehead atoms. The van der Waals surface area contributed by atoms with Crippen molar-refractivity contribution in [2.75, 3.05) is 0 Å². The van der Waals surface area contributed by atoms with Gasteiger partial charge in [-0.05, 0) is 12.8 Å². The van der Waals surface area contributed by atoms with Crippen LogP contribution in [0.1, 0.15) is 155 Å². The zero-order valence-corrected chi connectivity index (χ0v) is 23.1. The largest absolute Gasteiger partial charge is 0.397 e. The van der Waals surface area contributed by atoms with Gasteiger partial charge >= 0.3 is 10.4 Å². The lowest BCUT2D eigenvalue weighted by atomic mass is 9.97. The first-order valence-corrected chi connectivity index (χ1v) is 15.7. The summed E-state index contributed by atoms with van der Waals surface area (Å²) in [4.78, 5) is 0. The fourth-order valence-electron chi connectivity index (χ4n) is 4.52. The SMILES string of the molecule is CCCCCCCCCCCCC(O)C(O)C(CCCCCCCCCCCC)OS(=O)(=O)O. The predicted molar refractivity (Wildman–Crippen MR) is 141 cm³/mol. The van der Waals surface area contributed by atoms with Crippen LogP contribution in [0.15, 0.2) is 0 Å². The fraction of sp³-hybridized carbons (Fsp3) is 1.00. The van der Waals surface area contributed by atoms with Gasteiger partial charge in [0.25, 0.3) is 0 Å². The van der Waals surface area contributed by atoms with E-state index in [9.17, 15) is 18.6 Å². The molecule has 0 aliphatic carbocycles. The Balaban J connectivity index is 4.05. The molecule has 0 aromatic rings. The lowest BCUT2D eigenvalue weighted by Gasteiger charge is -2.25. The summed E-state index contributed by atoms with van der Waals surface area (Å²) >= 11 is 0. The minimum absolute atomic E-state index is 0.298. The van der Waals surface area contributed by atoms with Crippen LogP contribution in [0, 0.1) is 0 Å². The van der Waals surface area contributed by atoms with Gasteiger partial charge in [-0.2, -0.15) is 8.42 Å². The van der Waals surface area contributed by atoms with Crippen molar-refractivity contribution in [3.8, 4) is 0 Å². The van der Waals surface area contributed by atoms with E-state index >= 15 is 0 Å². The van der Waals surface area contributed by atoms with Crippen molar-refractivity contribution in [1.29, 1.82) is 0 Å². The molecule has 0 fully saturated rings. The topological polar surface area (TPSA) is 104 Å². The second-order valence-electron chi connectivity index (χ2n) is 10.1. The first-order valence-electron chi connectivity index (χ1n) is 14.3. The van der Waals surface area contributed by atoms with Crippen molar-refractivity contribution in [2.24, 2.45) is 0 Å². The molecular weight excluding hydrogens is 452 g/mol. The number of hydrogen-bond acceptors (Lipinski definition) is 5. The fourth-order valence-corrected chi connectivity index (χ4v) is 5.05. The average Bonchev–Trinajstić information content (AvgIpc) is 2.79. The van der Waals surface area contributed by atoms with Gasteiger partial charge in [0, 0.05) is 0 Å². The van der Waals surface area contributed by atoms with Crippen molar-refractivity contribution in [1.82, 2.24) is 0 Å². The maximum atomic E-state index is 11.2. The summed E-state index contributed by atoms with van der Waals surface area (Å²) in [6.07, 6.45) is 20.5. The molecule has 0 saturated carbocycles. The van der Waals surface area contributed by atoms with Crippen molar-refractivity contribution < 1.29 is 27.4 Å². The number of aliphatic hydroxyl groups excluding tert-OH is 2. The van der Waals surface area contributed by atoms with Crippen molar-refractivity contribution in [2.45, 2.75) is 173 Å². The van der Waals surface area contributed by atoms with Gasteiger partial charge < -0.3 is 10.2 Å². The molecule has 0 radical (unpaired) electrons. The van der Waals surface area contributed by atoms with E-state index in [-0.39, 0.29) is 0 Å². The third-order valence-corrected chi connectivity index (χ3v) is 7.21. The number of aliphatic hydroxyl groups is 2. The van der Waals surface area contributed by atoms with Crippen LogP contribution in [-0.2, 0) is 14.6 Å². The smallest absolute Gasteiger partial charge is 0.390 e. The molecule has 0 saturated heterocycles. The number of rotatable bonds is 26. The van der Waals surface area contributed by atoms with Crippen LogP contribution in [0.25, 0.3) is 0 Å². The van der Waals surface area contributed by atoms with Crippen LogP contribution in [0.2, 0.25) is 0 Å². The Morgan fingerprint density at radius 2 is 0.882 bits per heavy atom. The molecule has 0 aromatic carbocycles. The molecule has 34 heavy (non-hydrogen) atoms. The summed E-state index contributed by atoms with van der Waals surface area (Å²) in [6, 6.07) is 0. The first-order chi connectivity index (χ1) is 16.3. The quantitative estimate of drug-likeness (QED) is 0.0824. The summed E-state index contributed by atoms with van der Waals surface area (Å²) in [7, 11) is -4.68. The monoisotopic (exact) mass is 508 g/mol. The molecule has 0 amide bonds. The highest BCUT2D eigenvalue weighted by molar-refractivity contribution is 7.80. The zero-order valence-electron chi connectivity index (χ0n) is 22.3. The van der Waals surface area contributed by atoms with E-state index in [1.165, 1.54) is 83.5 Å². The molecule has 0 spiro atoms. The molecule has 0 rings (SSSR count). The summed E-state index contributed by atoms with van der Waals surface area (Å²) in [5.41, 5.74) is 0. The summed E-state index contributed by atoms with van der Waals surface area (Å²) in [5.74, 6) is 0. The molecule has 0 aliphatic heterocycles. The minimum Gasteiger partial charge on any atom is -0.390 e. The lowest BCUT2D eigenvalue weighted by Crippen LogP contribution is -2.40. The molecule has 3 unspecified atom stereocenters. The molecule has 0 aliphatic rings. The second kappa shape index (κ2) is 23.2. The van der Waals surface area contributed by atoms with Gasteiger partial charge in [0.05, 0.1) is 6.10 Å². The standard InChI is InChI=1S/C27H56O6S/c1-3-5-7-9-11-13-15-17-19-21-23-25(28)27(29)26(33-34(30,31)32)24-22-20-18-16-14-12-10-8-6-4-2/h25-29H,3-24H2,1-2H3,(H,30,31,32). The van der Waals surface area contributed by atoms with E-state index in [1.807, 2.05) is 0 Å². The normalized spacial score (nSPS) is 14.9. The third-order valence-electron chi connectivity index (χ3n) is 6.72. The Bertz CT molecular complexity index is 525. The van der Waals surface area contributed by atoms with E-state index in [4.69, 9.17) is 8.74 Å². The predicted octanol–water partition coefficient (Wildman–Crippen LogP) is 7.52. The maximum absolute atomic E-state index is 11.2. The van der Waals surface area contributed by atoms with E-state index in [1.54, 1.807) is 0 Å². The van der Waals surface area contributed by atoms with Gasteiger partial charge in [0.1, 0.15) is 12.2 Å². The summed E-state index contributed by atoms with van der Waals surface area (Å²) < 4.78 is 36.3. The summed E-state index contributed by atoms with van der Waals surface area (Å²) in [6.45, 7) is 4.44. The van der Waals surface area contributed by atoms with Crippen LogP contribution in [0.3, 0.4) is 0 Å². The van der Waals surface area contributed by atoms with Crippen LogP contribution in [0.4, 0.5) is 0 Å². The highest BCUT2D eigenvalue weighted by Crippen LogP contribution is 2.20. The van der Waals surface area contributed by atoms with E-state index in [0.29, 0.717) is 19.3 Å². The van der Waals surface area contributed by atoms with Gasteiger partial charge in [-0.3, -0.25) is 4.55 Å². The number of unbranched alkanes of at least 4 members (excludes halogenated alkanes) is 18. The van der Waals surface area contributed by atoms with Crippen molar-refractivity contribution in [3.63, 3.8) is 0 Å². The van der Waals surface area contributed by atoms with Crippen LogP contribution in [0.5, 0.6) is 0 Å². The van der Waals surface area contributed by atoms with Gasteiger partial charge in [0.15, 0.2) is 0 Å². The van der Waals surface area contributed by atoms with Gasteiger partial charge in [-0.25, -0.2) is 4.18 Å². The van der Waals surface area contributed by atoms with Crippen LogP contribution in [-0.4, -0.2) is 41.5 Å². The molecular formula is C27H56O6S. The Kier molecular flexibility index (Phi) is 23.1. The highest BCUT2D eigenvalue weighted by Gasteiger charge is 2.30. The molecule has 3 N–H and O–H groups in total. The van der Waals surface area contributed by atoms with Crippen LogP contribution >= 0.6 is 0 Å². The Hall–Kier alpha value is -0.210. The first kappa shape index (κ1) is 33.8. The minimum atomic E-state index is -4.68. The van der Waals surface area contributed by atoms with Crippen molar-refractivity contribution >= 4 is 10.4 Å². The summed E-state index contributed by atoms with van der Waals surface area (Å²) in [5, 5.41) is 20.8. The van der Waals surface area contributed by atoms with Crippen LogP contribution < -0.4 is 0 Å². The van der Waals surface area contributed by atoms with E-state index in [2.05, 4.69) is 13.8 Å². The molecule has 7 heteroatoms. The van der Waals surface area contributed by atoms with Gasteiger partial charge in [-0.15, -0.1) is 0 Å². The Morgan fingerprint density at radius 3 is 1.24 bits per heavy atom. The van der Waals surface area contributed by atoms with E-state index in [0.717, 1.165) is 38.5 Å². The molecule has 6 nitrogen and oxygen atoms in total. The van der Waals surface area contributed by atoms with Gasteiger partial charge in [0.2, 0.25) is 0 Å². The molecule has 3 atom stereocenters. The molecule has 206 valence electrons. The Labute approximate surface area is 211 Å². The average molecular weight is 509 g/mol. The zero-order chi connectivity index (χ0) is 25.5. The highest BCUT2D eigenvalue weighted by atomic mass is 32.3. The number of hydrogen-bond donors (Lipinski definition) is 3. The second-order valence-corrected chi connectivity index (χ2v) is 11.1. The maximum Gasteiger partial charge on any atom is 0.397 e. The third kappa shape index (κ3) is 22.3. The van der Waals surface area contributed by atoms with Crippen molar-refractivity contribution in [3.05, 3.63) is 0 Å². The Morgan fingerprint density at radius 1 is 0.559 bits per heavy atom. The molecule has 0 aromatic heterocycles. The molecule has 0 heterocycles. The van der Waals surface area contributed by atoms with E-state index < -0.39 is 28.7 Å².